The predicted octanol–water partition coefficient (Wildman–Crippen LogP) is 1.33. The SMILES string of the molecule is Cc1oc2nc1C(=O)N[C@H](C)C(=O)NCCCC[C@H](NS(=O)(=O)c1ccc3c(c1)OCCO3)C(=O)N[C@H]2C(C)C. The van der Waals surface area contributed by atoms with Crippen molar-refractivity contribution in [3.63, 3.8) is 0 Å². The summed E-state index contributed by atoms with van der Waals surface area (Å²) >= 11 is 0. The standard InChI is InChI=1S/C26H35N5O8S/c1-14(2)21-26-30-22(16(4)39-26)25(34)28-15(3)23(32)27-10-6-5-7-18(24(33)29-21)31-40(35,36)17-8-9-19-20(13-17)38-12-11-37-19/h8-9,13-15,18,21,31H,5-7,10-12H2,1-4H3,(H,27,32)(H,28,34)(H,29,33)/t15-,18+,21+/m1/s1. The van der Waals surface area contributed by atoms with Crippen molar-refractivity contribution in [1.82, 2.24) is 25.7 Å². The van der Waals surface area contributed by atoms with Gasteiger partial charge in [0, 0.05) is 12.6 Å². The van der Waals surface area contributed by atoms with Gasteiger partial charge in [-0.15, -0.1) is 0 Å². The highest BCUT2D eigenvalue weighted by molar-refractivity contribution is 7.89. The maximum atomic E-state index is 13.5. The second-order valence-corrected chi connectivity index (χ2v) is 11.9. The summed E-state index contributed by atoms with van der Waals surface area (Å²) in [6, 6.07) is 1.56. The van der Waals surface area contributed by atoms with Crippen LogP contribution in [0.5, 0.6) is 11.5 Å². The van der Waals surface area contributed by atoms with E-state index in [0.717, 1.165) is 0 Å². The minimum Gasteiger partial charge on any atom is -0.486 e. The maximum absolute atomic E-state index is 13.5. The highest BCUT2D eigenvalue weighted by Gasteiger charge is 2.32. The van der Waals surface area contributed by atoms with Crippen LogP contribution in [0.2, 0.25) is 0 Å². The smallest absolute Gasteiger partial charge is 0.274 e. The Morgan fingerprint density at radius 1 is 1.02 bits per heavy atom. The van der Waals surface area contributed by atoms with E-state index in [1.807, 2.05) is 13.8 Å². The van der Waals surface area contributed by atoms with Crippen molar-refractivity contribution in [2.45, 2.75) is 70.0 Å². The lowest BCUT2D eigenvalue weighted by atomic mass is 10.0. The van der Waals surface area contributed by atoms with E-state index in [0.29, 0.717) is 37.6 Å². The van der Waals surface area contributed by atoms with Crippen LogP contribution in [0.4, 0.5) is 0 Å². The molecule has 0 saturated carbocycles. The van der Waals surface area contributed by atoms with Crippen LogP contribution in [0.15, 0.2) is 27.5 Å². The van der Waals surface area contributed by atoms with Crippen LogP contribution in [0.1, 0.15) is 68.2 Å². The first-order valence-electron chi connectivity index (χ1n) is 13.2. The first-order valence-corrected chi connectivity index (χ1v) is 14.7. The Balaban J connectivity index is 1.62. The molecule has 0 radical (unpaired) electrons. The number of carbonyl (C=O) groups is 3. The first-order chi connectivity index (χ1) is 19.0. The van der Waals surface area contributed by atoms with Gasteiger partial charge in [-0.25, -0.2) is 13.4 Å². The molecule has 2 bridgehead atoms. The van der Waals surface area contributed by atoms with Crippen LogP contribution in [-0.4, -0.2) is 63.0 Å². The summed E-state index contributed by atoms with van der Waals surface area (Å²) in [7, 11) is -4.13. The topological polar surface area (TPSA) is 178 Å². The number of sulfonamides is 1. The fraction of sp³-hybridized carbons (Fsp3) is 0.538. The Morgan fingerprint density at radius 3 is 2.48 bits per heavy atom. The van der Waals surface area contributed by atoms with Crippen LogP contribution >= 0.6 is 0 Å². The second-order valence-electron chi connectivity index (χ2n) is 10.1. The molecule has 1 aromatic carbocycles. The van der Waals surface area contributed by atoms with Gasteiger partial charge in [-0.2, -0.15) is 4.72 Å². The number of fused-ring (bicyclic) bond motifs is 3. The highest BCUT2D eigenvalue weighted by Crippen LogP contribution is 2.32. The molecule has 14 heteroatoms. The molecule has 3 amide bonds. The Hall–Kier alpha value is -3.65. The lowest BCUT2D eigenvalue weighted by Crippen LogP contribution is -2.48. The molecule has 0 spiro atoms. The van der Waals surface area contributed by atoms with Gasteiger partial charge in [0.2, 0.25) is 27.7 Å². The van der Waals surface area contributed by atoms with Gasteiger partial charge in [-0.3, -0.25) is 14.4 Å². The van der Waals surface area contributed by atoms with E-state index in [2.05, 4.69) is 25.7 Å². The summed E-state index contributed by atoms with van der Waals surface area (Å²) in [5.74, 6) is -0.679. The minimum absolute atomic E-state index is 0.00231. The largest absolute Gasteiger partial charge is 0.486 e. The molecule has 40 heavy (non-hydrogen) atoms. The summed E-state index contributed by atoms with van der Waals surface area (Å²) < 4.78 is 46.0. The van der Waals surface area contributed by atoms with E-state index in [1.165, 1.54) is 18.2 Å². The second kappa shape index (κ2) is 12.3. The van der Waals surface area contributed by atoms with Crippen molar-refractivity contribution >= 4 is 27.7 Å². The number of benzene rings is 1. The fourth-order valence-corrected chi connectivity index (χ4v) is 5.63. The summed E-state index contributed by atoms with van der Waals surface area (Å²) in [5.41, 5.74) is -0.00231. The molecule has 4 N–H and O–H groups in total. The van der Waals surface area contributed by atoms with E-state index in [1.54, 1.807) is 13.8 Å². The number of oxazole rings is 1. The molecule has 2 aromatic rings. The molecule has 3 heterocycles. The van der Waals surface area contributed by atoms with Gasteiger partial charge < -0.3 is 29.8 Å². The van der Waals surface area contributed by atoms with Crippen molar-refractivity contribution in [3.05, 3.63) is 35.5 Å². The summed E-state index contributed by atoms with van der Waals surface area (Å²) in [6.07, 6.45) is 1.07. The van der Waals surface area contributed by atoms with E-state index in [4.69, 9.17) is 13.9 Å². The van der Waals surface area contributed by atoms with Crippen molar-refractivity contribution in [1.29, 1.82) is 0 Å². The Labute approximate surface area is 232 Å². The van der Waals surface area contributed by atoms with E-state index in [-0.39, 0.29) is 47.0 Å². The Morgan fingerprint density at radius 2 is 1.75 bits per heavy atom. The van der Waals surface area contributed by atoms with E-state index in [9.17, 15) is 22.8 Å². The molecule has 13 nitrogen and oxygen atoms in total. The zero-order valence-corrected chi connectivity index (χ0v) is 23.7. The molecule has 2 aliphatic heterocycles. The first kappa shape index (κ1) is 29.3. The van der Waals surface area contributed by atoms with Gasteiger partial charge in [-0.1, -0.05) is 13.8 Å². The zero-order valence-electron chi connectivity index (χ0n) is 22.9. The fourth-order valence-electron chi connectivity index (χ4n) is 4.39. The summed E-state index contributed by atoms with van der Waals surface area (Å²) in [5, 5.41) is 8.21. The number of rotatable bonds is 4. The van der Waals surface area contributed by atoms with E-state index < -0.39 is 40.0 Å². The Kier molecular flexibility index (Phi) is 8.98. The van der Waals surface area contributed by atoms with Crippen LogP contribution < -0.4 is 30.1 Å². The molecule has 218 valence electrons. The molecular weight excluding hydrogens is 542 g/mol. The number of nitrogens with one attached hydrogen (secondary N) is 4. The molecule has 0 aliphatic carbocycles. The number of carbonyl (C=O) groups excluding carboxylic acids is 3. The van der Waals surface area contributed by atoms with Gasteiger partial charge in [0.05, 0.1) is 4.90 Å². The number of hydrogen-bond donors (Lipinski definition) is 4. The van der Waals surface area contributed by atoms with Crippen molar-refractivity contribution in [3.8, 4) is 11.5 Å². The Bertz CT molecular complexity index is 1370. The molecule has 0 saturated heterocycles. The third-order valence-corrected chi connectivity index (χ3v) is 8.13. The normalized spacial score (nSPS) is 22.8. The number of aromatic nitrogens is 1. The molecule has 0 fully saturated rings. The average Bonchev–Trinajstić information content (AvgIpc) is 3.30. The number of aryl methyl sites for hydroxylation is 1. The molecular formula is C26H35N5O8S. The maximum Gasteiger partial charge on any atom is 0.274 e. The average molecular weight is 578 g/mol. The van der Waals surface area contributed by atoms with Gasteiger partial charge in [0.15, 0.2) is 17.2 Å². The van der Waals surface area contributed by atoms with Gasteiger partial charge >= 0.3 is 0 Å². The van der Waals surface area contributed by atoms with Crippen molar-refractivity contribution < 1.29 is 36.7 Å². The van der Waals surface area contributed by atoms with Gasteiger partial charge in [0.1, 0.15) is 37.1 Å². The van der Waals surface area contributed by atoms with Crippen LogP contribution in [0, 0.1) is 12.8 Å². The lowest BCUT2D eigenvalue weighted by molar-refractivity contribution is -0.124. The van der Waals surface area contributed by atoms with Crippen molar-refractivity contribution in [2.24, 2.45) is 5.92 Å². The zero-order chi connectivity index (χ0) is 29.0. The van der Waals surface area contributed by atoms with Crippen LogP contribution in [-0.2, 0) is 19.6 Å². The number of amides is 3. The third kappa shape index (κ3) is 6.73. The number of hydrogen-bond acceptors (Lipinski definition) is 9. The molecule has 0 unspecified atom stereocenters. The highest BCUT2D eigenvalue weighted by atomic mass is 32.2. The van der Waals surface area contributed by atoms with Crippen LogP contribution in [0.3, 0.4) is 0 Å². The quantitative estimate of drug-likeness (QED) is 0.417. The van der Waals surface area contributed by atoms with E-state index >= 15 is 0 Å². The third-order valence-electron chi connectivity index (χ3n) is 6.66. The number of ether oxygens (including phenoxy) is 2. The number of nitrogens with zero attached hydrogens (tertiary/aromatic N) is 1. The lowest BCUT2D eigenvalue weighted by Gasteiger charge is -2.24. The van der Waals surface area contributed by atoms with Crippen molar-refractivity contribution in [2.75, 3.05) is 19.8 Å². The molecule has 1 aromatic heterocycles. The summed E-state index contributed by atoms with van der Waals surface area (Å²) in [4.78, 5) is 43.0. The van der Waals surface area contributed by atoms with Gasteiger partial charge in [0.25, 0.3) is 5.91 Å². The van der Waals surface area contributed by atoms with Crippen LogP contribution in [0.25, 0.3) is 0 Å². The van der Waals surface area contributed by atoms with Gasteiger partial charge in [-0.05, 0) is 51.2 Å². The molecule has 4 rings (SSSR count). The minimum atomic E-state index is -4.13. The predicted molar refractivity (Wildman–Crippen MR) is 142 cm³/mol. The molecule has 3 atom stereocenters. The summed E-state index contributed by atoms with van der Waals surface area (Å²) in [6.45, 7) is 7.74. The molecule has 2 aliphatic rings. The monoisotopic (exact) mass is 577 g/mol.